The summed E-state index contributed by atoms with van der Waals surface area (Å²) in [4.78, 5) is 22.9. The molecule has 48 heavy (non-hydrogen) atoms. The quantitative estimate of drug-likeness (QED) is 0.0659. The van der Waals surface area contributed by atoms with Crippen LogP contribution in [0.3, 0.4) is 0 Å². The Labute approximate surface area is 277 Å². The number of nitrogen functional groups attached to an aromatic ring is 1. The number of hydrogen-bond acceptors (Lipinski definition) is 16. The molecule has 1 aliphatic rings. The standard InChI is InChI=1S/C15H22N6O5S.C7H8O3S.2H2O4S/c1-27(3-2-7(16)15(24)25)4-8-10(22)11(23)14(26-8)21-6-20-9-12(17)18-5-19-13(9)21;1-6-2-4-7(5-3-6)11(8,9)10;2*1-5(2,3)4/h5-8,10-11,14,22-23H,2-4,16H2,1H3,(H2-,17,18,19,24,25);2-5H,1H3,(H,8,9,10);2*(H2,1,2,3,4)/t7-,8+,10+,11+,14+,27?;;;/m1.../s1. The molecule has 1 saturated heterocycles. The van der Waals surface area contributed by atoms with E-state index < -0.39 is 67.5 Å². The van der Waals surface area contributed by atoms with Crippen molar-refractivity contribution in [3.8, 4) is 0 Å². The number of hydrogen-bond donors (Lipinski definition) is 9. The van der Waals surface area contributed by atoms with Gasteiger partial charge in [0.1, 0.15) is 47.7 Å². The largest absolute Gasteiger partial charge is 0.726 e. The van der Waals surface area contributed by atoms with Crippen molar-refractivity contribution < 1.29 is 72.9 Å². The van der Waals surface area contributed by atoms with Gasteiger partial charge in [0, 0.05) is 6.42 Å². The Balaban J connectivity index is 0.000000447. The summed E-state index contributed by atoms with van der Waals surface area (Å²) in [5, 5.41) is 29.7. The minimum absolute atomic E-state index is 0.0666. The van der Waals surface area contributed by atoms with Crippen molar-refractivity contribution in [3.63, 3.8) is 0 Å². The van der Waals surface area contributed by atoms with Gasteiger partial charge in [0.05, 0.1) is 17.5 Å². The molecule has 2 aromatic heterocycles. The van der Waals surface area contributed by atoms with E-state index in [1.54, 1.807) is 12.1 Å². The van der Waals surface area contributed by atoms with E-state index in [0.29, 0.717) is 29.1 Å². The van der Waals surface area contributed by atoms with Crippen molar-refractivity contribution in [2.75, 3.05) is 23.5 Å². The highest BCUT2D eigenvalue weighted by atomic mass is 32.3. The molecule has 1 aliphatic heterocycles. The zero-order valence-corrected chi connectivity index (χ0v) is 28.1. The number of aromatic nitrogens is 4. The minimum atomic E-state index is -4.92. The van der Waals surface area contributed by atoms with E-state index in [0.717, 1.165) is 5.56 Å². The average molecular weight is 767 g/mol. The number of benzene rings is 1. The van der Waals surface area contributed by atoms with Crippen molar-refractivity contribution in [2.45, 2.75) is 48.8 Å². The van der Waals surface area contributed by atoms with Gasteiger partial charge in [-0.15, -0.1) is 0 Å². The highest BCUT2D eigenvalue weighted by molar-refractivity contribution is 7.96. The molecule has 1 fully saturated rings. The van der Waals surface area contributed by atoms with E-state index in [9.17, 15) is 23.4 Å². The molecule has 1 aromatic carbocycles. The summed E-state index contributed by atoms with van der Waals surface area (Å²) >= 11 is 0. The van der Waals surface area contributed by atoms with Crippen molar-refractivity contribution in [2.24, 2.45) is 5.73 Å². The Bertz CT molecular complexity index is 1780. The zero-order chi connectivity index (χ0) is 37.2. The number of aliphatic hydroxyl groups excluding tert-OH is 2. The Morgan fingerprint density at radius 1 is 1.02 bits per heavy atom. The van der Waals surface area contributed by atoms with E-state index in [4.69, 9.17) is 60.9 Å². The third-order valence-corrected chi connectivity index (χ3v) is 8.56. The van der Waals surface area contributed by atoms with E-state index in [1.165, 1.54) is 29.4 Å². The number of imidazole rings is 1. The maximum absolute atomic E-state index is 10.8. The predicted octanol–water partition coefficient (Wildman–Crippen LogP) is -2.33. The number of nitrogens with zero attached hydrogens (tertiary/aromatic N) is 4. The van der Waals surface area contributed by atoms with Gasteiger partial charge in [-0.2, -0.15) is 16.8 Å². The van der Waals surface area contributed by atoms with Crippen LogP contribution in [0.1, 0.15) is 18.2 Å². The molecule has 0 saturated carbocycles. The summed E-state index contributed by atoms with van der Waals surface area (Å²) in [7, 11) is -13.8. The first-order chi connectivity index (χ1) is 21.8. The number of aliphatic carboxylic acids is 1. The van der Waals surface area contributed by atoms with Crippen LogP contribution in [0.4, 0.5) is 5.82 Å². The fourth-order valence-electron chi connectivity index (χ4n) is 3.68. The topological polar surface area (TPSA) is 389 Å². The zero-order valence-electron chi connectivity index (χ0n) is 24.9. The SMILES string of the molecule is C[S+](CC[C@@H](N)C(=O)O)C[C@@H]1O[C@H](n2cnc3c(N)ncnc32)[C@@H](O)[C@H]1O.Cc1ccc(S(=O)(=O)O)cc1.O=S(=O)(O)O.O=S(=O)([O-])O. The Morgan fingerprint density at radius 2 is 1.54 bits per heavy atom. The molecule has 0 aliphatic carbocycles. The Morgan fingerprint density at radius 3 is 2.02 bits per heavy atom. The van der Waals surface area contributed by atoms with Crippen LogP contribution < -0.4 is 11.5 Å². The average Bonchev–Trinajstić information content (AvgIpc) is 3.47. The smallest absolute Gasteiger partial charge is 0.394 e. The summed E-state index contributed by atoms with van der Waals surface area (Å²) in [6.45, 7) is 1.84. The van der Waals surface area contributed by atoms with Crippen LogP contribution in [0.15, 0.2) is 41.8 Å². The second kappa shape index (κ2) is 18.0. The monoisotopic (exact) mass is 766 g/mol. The number of carboxylic acid groups (broad SMARTS) is 1. The first-order valence-electron chi connectivity index (χ1n) is 12.7. The first kappa shape index (κ1) is 42.9. The maximum Gasteiger partial charge on any atom is 0.394 e. The normalized spacial score (nSPS) is 20.6. The van der Waals surface area contributed by atoms with Crippen LogP contribution in [0.5, 0.6) is 0 Å². The summed E-state index contributed by atoms with van der Waals surface area (Å²) in [5.74, 6) is 0.254. The Hall–Kier alpha value is -3.12. The predicted molar refractivity (Wildman–Crippen MR) is 166 cm³/mol. The minimum Gasteiger partial charge on any atom is -0.726 e. The highest BCUT2D eigenvalue weighted by Gasteiger charge is 2.46. The molecular weight excluding hydrogens is 733 g/mol. The van der Waals surface area contributed by atoms with E-state index in [1.807, 2.05) is 13.2 Å². The molecule has 3 aromatic rings. The van der Waals surface area contributed by atoms with Crippen LogP contribution in [0.25, 0.3) is 11.2 Å². The lowest BCUT2D eigenvalue weighted by Crippen LogP contribution is -2.37. The van der Waals surface area contributed by atoms with Gasteiger partial charge in [0.25, 0.3) is 10.1 Å². The number of nitrogens with two attached hydrogens (primary N) is 2. The van der Waals surface area contributed by atoms with Crippen molar-refractivity contribution >= 4 is 64.8 Å². The number of anilines is 1. The Kier molecular flexibility index (Phi) is 16.1. The molecule has 1 unspecified atom stereocenters. The third-order valence-electron chi connectivity index (χ3n) is 5.86. The number of ether oxygens (including phenoxy) is 1. The van der Waals surface area contributed by atoms with Crippen LogP contribution in [-0.4, -0.2) is 131 Å². The fraction of sp³-hybridized carbons (Fsp3) is 0.455. The van der Waals surface area contributed by atoms with E-state index >= 15 is 0 Å². The summed E-state index contributed by atoms with van der Waals surface area (Å²) < 4.78 is 101. The van der Waals surface area contributed by atoms with Crippen LogP contribution in [0, 0.1) is 6.92 Å². The molecule has 0 radical (unpaired) electrons. The van der Waals surface area contributed by atoms with Gasteiger partial charge in [-0.3, -0.25) is 27.6 Å². The van der Waals surface area contributed by atoms with Crippen LogP contribution in [0.2, 0.25) is 0 Å². The third kappa shape index (κ3) is 15.9. The molecule has 0 bridgehead atoms. The molecule has 4 rings (SSSR count). The summed E-state index contributed by atoms with van der Waals surface area (Å²) in [6, 6.07) is 5.08. The van der Waals surface area contributed by atoms with Crippen molar-refractivity contribution in [1.82, 2.24) is 19.5 Å². The van der Waals surface area contributed by atoms with Gasteiger partial charge in [0.2, 0.25) is 10.4 Å². The highest BCUT2D eigenvalue weighted by Crippen LogP contribution is 2.32. The van der Waals surface area contributed by atoms with Crippen molar-refractivity contribution in [1.29, 1.82) is 0 Å². The van der Waals surface area contributed by atoms with E-state index in [2.05, 4.69) is 15.0 Å². The number of fused-ring (bicyclic) bond motifs is 1. The lowest BCUT2D eigenvalue weighted by molar-refractivity contribution is -0.138. The fourth-order valence-corrected chi connectivity index (χ4v) is 5.82. The number of aliphatic hydroxyl groups is 2. The first-order valence-corrected chi connectivity index (χ1v) is 18.9. The molecule has 0 spiro atoms. The van der Waals surface area contributed by atoms with Gasteiger partial charge in [0.15, 0.2) is 17.7 Å². The second-order valence-corrected chi connectivity index (χ2v) is 15.2. The molecular formula is C22H34N6O16S4. The maximum atomic E-state index is 10.8. The van der Waals surface area contributed by atoms with Crippen LogP contribution in [-0.2, 0) is 51.3 Å². The number of rotatable bonds is 8. The van der Waals surface area contributed by atoms with E-state index in [-0.39, 0.29) is 21.6 Å². The van der Waals surface area contributed by atoms with Gasteiger partial charge in [-0.25, -0.2) is 23.4 Å². The number of aryl methyl sites for hydroxylation is 1. The van der Waals surface area contributed by atoms with Gasteiger partial charge >= 0.3 is 16.4 Å². The second-order valence-electron chi connectivity index (χ2n) is 9.68. The van der Waals surface area contributed by atoms with Crippen LogP contribution >= 0.6 is 0 Å². The molecule has 0 amide bonds. The molecule has 26 heteroatoms. The van der Waals surface area contributed by atoms with Crippen molar-refractivity contribution in [3.05, 3.63) is 42.5 Å². The summed E-state index contributed by atoms with van der Waals surface area (Å²) in [5.41, 5.74) is 13.1. The molecule has 11 N–H and O–H groups in total. The molecule has 3 heterocycles. The lowest BCUT2D eigenvalue weighted by atomic mass is 10.1. The number of carboxylic acids is 1. The summed E-state index contributed by atoms with van der Waals surface area (Å²) in [6.07, 6.45) is 1.31. The molecule has 6 atom stereocenters. The number of carbonyl (C=O) groups is 1. The molecule has 22 nitrogen and oxygen atoms in total. The molecule has 272 valence electrons. The van der Waals surface area contributed by atoms with Gasteiger partial charge in [-0.1, -0.05) is 17.7 Å². The van der Waals surface area contributed by atoms with Gasteiger partial charge in [-0.05, 0) is 30.0 Å². The van der Waals surface area contributed by atoms with Gasteiger partial charge < -0.3 is 36.1 Å². The lowest BCUT2D eigenvalue weighted by Gasteiger charge is -2.16.